The Morgan fingerprint density at radius 1 is 1.40 bits per heavy atom. The smallest absolute Gasteiger partial charge is 0.326 e. The van der Waals surface area contributed by atoms with Gasteiger partial charge in [0.25, 0.3) is 0 Å². The molecule has 5 nitrogen and oxygen atoms in total. The Bertz CT molecular complexity index is 475. The van der Waals surface area contributed by atoms with Crippen LogP contribution in [0.2, 0.25) is 0 Å². The molecule has 2 atom stereocenters. The number of aliphatic carboxylic acids is 1. The summed E-state index contributed by atoms with van der Waals surface area (Å²) in [6.07, 6.45) is 2.07. The minimum Gasteiger partial charge on any atom is -0.480 e. The van der Waals surface area contributed by atoms with Gasteiger partial charge in [0.15, 0.2) is 0 Å². The molecular formula is C15H20N2O3. The molecule has 5 heteroatoms. The first-order valence-corrected chi connectivity index (χ1v) is 6.85. The quantitative estimate of drug-likeness (QED) is 0.838. The van der Waals surface area contributed by atoms with Gasteiger partial charge in [-0.25, -0.2) is 4.79 Å². The lowest BCUT2D eigenvalue weighted by Gasteiger charge is -2.21. The Balaban J connectivity index is 1.99. The Labute approximate surface area is 118 Å². The molecule has 1 amide bonds. The second-order valence-corrected chi connectivity index (χ2v) is 5.23. The van der Waals surface area contributed by atoms with Crippen LogP contribution in [0.1, 0.15) is 18.4 Å². The summed E-state index contributed by atoms with van der Waals surface area (Å²) in [4.78, 5) is 25.4. The normalized spacial score (nSPS) is 20.6. The van der Waals surface area contributed by atoms with Crippen molar-refractivity contribution in [2.75, 3.05) is 13.6 Å². The summed E-state index contributed by atoms with van der Waals surface area (Å²) >= 11 is 0. The minimum absolute atomic E-state index is 0.187. The number of nitrogens with zero attached hydrogens (tertiary/aromatic N) is 1. The molecule has 20 heavy (non-hydrogen) atoms. The number of carbonyl (C=O) groups is 2. The van der Waals surface area contributed by atoms with Crippen molar-refractivity contribution < 1.29 is 14.7 Å². The Morgan fingerprint density at radius 2 is 2.10 bits per heavy atom. The minimum atomic E-state index is -0.997. The van der Waals surface area contributed by atoms with Gasteiger partial charge >= 0.3 is 5.97 Å². The average molecular weight is 276 g/mol. The summed E-state index contributed by atoms with van der Waals surface area (Å²) < 4.78 is 0. The molecule has 1 aliphatic heterocycles. The van der Waals surface area contributed by atoms with Crippen molar-refractivity contribution in [2.45, 2.75) is 31.3 Å². The number of carboxylic acids is 1. The predicted octanol–water partition coefficient (Wildman–Crippen LogP) is 0.893. The van der Waals surface area contributed by atoms with Crippen LogP contribution in [0, 0.1) is 0 Å². The number of carbonyl (C=O) groups excluding carboxylic acids is 1. The molecule has 0 aromatic heterocycles. The first-order chi connectivity index (χ1) is 9.58. The monoisotopic (exact) mass is 276 g/mol. The number of amides is 1. The van der Waals surface area contributed by atoms with Crippen molar-refractivity contribution in [3.63, 3.8) is 0 Å². The van der Waals surface area contributed by atoms with E-state index in [0.29, 0.717) is 6.42 Å². The molecule has 1 saturated heterocycles. The number of hydrogen-bond donors (Lipinski definition) is 2. The summed E-state index contributed by atoms with van der Waals surface area (Å²) in [6.45, 7) is 0.883. The molecule has 2 rings (SSSR count). The number of likely N-dealkylation sites (tertiary alicyclic amines) is 1. The molecule has 0 spiro atoms. The number of hydrogen-bond acceptors (Lipinski definition) is 3. The first kappa shape index (κ1) is 14.5. The second-order valence-electron chi connectivity index (χ2n) is 5.23. The van der Waals surface area contributed by atoms with Gasteiger partial charge in [0.1, 0.15) is 6.04 Å². The van der Waals surface area contributed by atoms with Crippen molar-refractivity contribution in [1.82, 2.24) is 10.2 Å². The van der Waals surface area contributed by atoms with Crippen LogP contribution in [0.25, 0.3) is 0 Å². The van der Waals surface area contributed by atoms with E-state index in [9.17, 15) is 14.7 Å². The number of rotatable bonds is 5. The highest BCUT2D eigenvalue weighted by Crippen LogP contribution is 2.15. The van der Waals surface area contributed by atoms with E-state index in [4.69, 9.17) is 0 Å². The predicted molar refractivity (Wildman–Crippen MR) is 75.4 cm³/mol. The fraction of sp³-hybridized carbons (Fsp3) is 0.467. The van der Waals surface area contributed by atoms with E-state index in [1.54, 1.807) is 0 Å². The fourth-order valence-corrected chi connectivity index (χ4v) is 2.56. The van der Waals surface area contributed by atoms with Gasteiger partial charge in [0, 0.05) is 6.42 Å². The Hall–Kier alpha value is -1.88. The third kappa shape index (κ3) is 3.57. The molecular weight excluding hydrogens is 256 g/mol. The molecule has 1 aromatic rings. The van der Waals surface area contributed by atoms with E-state index in [1.165, 1.54) is 0 Å². The standard InChI is InChI=1S/C15H20N2O3/c1-17-9-5-8-13(17)14(18)16-12(15(19)20)10-11-6-3-2-4-7-11/h2-4,6-7,12-13H,5,8-10H2,1H3,(H,16,18)(H,19,20)/t12-,13?/m0/s1. The van der Waals surface area contributed by atoms with Gasteiger partial charge in [-0.15, -0.1) is 0 Å². The van der Waals surface area contributed by atoms with Gasteiger partial charge in [-0.2, -0.15) is 0 Å². The highest BCUT2D eigenvalue weighted by molar-refractivity contribution is 5.87. The molecule has 0 saturated carbocycles. The lowest BCUT2D eigenvalue weighted by molar-refractivity contribution is -0.142. The van der Waals surface area contributed by atoms with Gasteiger partial charge in [0.2, 0.25) is 5.91 Å². The van der Waals surface area contributed by atoms with Crippen molar-refractivity contribution in [1.29, 1.82) is 0 Å². The van der Waals surface area contributed by atoms with Crippen LogP contribution in [-0.4, -0.2) is 47.6 Å². The summed E-state index contributed by atoms with van der Waals surface area (Å²) in [6, 6.07) is 8.26. The van der Waals surface area contributed by atoms with E-state index < -0.39 is 12.0 Å². The highest BCUT2D eigenvalue weighted by Gasteiger charge is 2.30. The molecule has 1 aromatic carbocycles. The molecule has 1 unspecified atom stereocenters. The van der Waals surface area contributed by atoms with Gasteiger partial charge in [-0.1, -0.05) is 30.3 Å². The van der Waals surface area contributed by atoms with Gasteiger partial charge in [-0.05, 0) is 32.0 Å². The van der Waals surface area contributed by atoms with Crippen LogP contribution in [0.15, 0.2) is 30.3 Å². The number of benzene rings is 1. The molecule has 1 heterocycles. The van der Waals surface area contributed by atoms with Crippen LogP contribution in [0.3, 0.4) is 0 Å². The highest BCUT2D eigenvalue weighted by atomic mass is 16.4. The van der Waals surface area contributed by atoms with Crippen molar-refractivity contribution in [3.8, 4) is 0 Å². The Morgan fingerprint density at radius 3 is 2.65 bits per heavy atom. The zero-order valence-corrected chi connectivity index (χ0v) is 11.6. The maximum Gasteiger partial charge on any atom is 0.326 e. The Kier molecular flexibility index (Phi) is 4.74. The van der Waals surface area contributed by atoms with Gasteiger partial charge in [-0.3, -0.25) is 9.69 Å². The maximum absolute atomic E-state index is 12.1. The van der Waals surface area contributed by atoms with E-state index in [0.717, 1.165) is 24.9 Å². The van der Waals surface area contributed by atoms with E-state index >= 15 is 0 Å². The van der Waals surface area contributed by atoms with Gasteiger partial charge in [0.05, 0.1) is 6.04 Å². The number of nitrogens with one attached hydrogen (secondary N) is 1. The van der Waals surface area contributed by atoms with Gasteiger partial charge < -0.3 is 10.4 Å². The maximum atomic E-state index is 12.1. The molecule has 108 valence electrons. The first-order valence-electron chi connectivity index (χ1n) is 6.85. The third-order valence-electron chi connectivity index (χ3n) is 3.72. The van der Waals surface area contributed by atoms with Crippen LogP contribution in [-0.2, 0) is 16.0 Å². The molecule has 1 fully saturated rings. The molecule has 0 bridgehead atoms. The zero-order valence-electron chi connectivity index (χ0n) is 11.6. The lowest BCUT2D eigenvalue weighted by atomic mass is 10.1. The summed E-state index contributed by atoms with van der Waals surface area (Å²) in [5.74, 6) is -1.18. The topological polar surface area (TPSA) is 69.6 Å². The van der Waals surface area contributed by atoms with E-state index in [-0.39, 0.29) is 11.9 Å². The average Bonchev–Trinajstić information content (AvgIpc) is 2.85. The fourth-order valence-electron chi connectivity index (χ4n) is 2.56. The molecule has 0 aliphatic carbocycles. The SMILES string of the molecule is CN1CCCC1C(=O)N[C@@H](Cc1ccccc1)C(=O)O. The second kappa shape index (κ2) is 6.52. The summed E-state index contributed by atoms with van der Waals surface area (Å²) in [5.41, 5.74) is 0.903. The largest absolute Gasteiger partial charge is 0.480 e. The van der Waals surface area contributed by atoms with Crippen molar-refractivity contribution in [2.24, 2.45) is 0 Å². The van der Waals surface area contributed by atoms with Crippen molar-refractivity contribution >= 4 is 11.9 Å². The third-order valence-corrected chi connectivity index (χ3v) is 3.72. The van der Waals surface area contributed by atoms with Crippen LogP contribution < -0.4 is 5.32 Å². The molecule has 0 radical (unpaired) electrons. The number of likely N-dealkylation sites (N-methyl/N-ethyl adjacent to an activating group) is 1. The lowest BCUT2D eigenvalue weighted by Crippen LogP contribution is -2.49. The van der Waals surface area contributed by atoms with Crippen LogP contribution >= 0.6 is 0 Å². The summed E-state index contributed by atoms with van der Waals surface area (Å²) in [5, 5.41) is 11.9. The zero-order chi connectivity index (χ0) is 14.5. The number of carboxylic acid groups (broad SMARTS) is 1. The van der Waals surface area contributed by atoms with Crippen LogP contribution in [0.4, 0.5) is 0 Å². The van der Waals surface area contributed by atoms with E-state index in [1.807, 2.05) is 42.3 Å². The molecule has 1 aliphatic rings. The summed E-state index contributed by atoms with van der Waals surface area (Å²) in [7, 11) is 1.89. The van der Waals surface area contributed by atoms with Crippen molar-refractivity contribution in [3.05, 3.63) is 35.9 Å². The molecule has 2 N–H and O–H groups in total. The van der Waals surface area contributed by atoms with Crippen LogP contribution in [0.5, 0.6) is 0 Å². The van der Waals surface area contributed by atoms with E-state index in [2.05, 4.69) is 5.32 Å².